The number of amides is 4. The summed E-state index contributed by atoms with van der Waals surface area (Å²) in [7, 11) is 0. The molecule has 3 rings (SSSR count). The van der Waals surface area contributed by atoms with Crippen molar-refractivity contribution < 1.29 is 33.4 Å². The fourth-order valence-electron chi connectivity index (χ4n) is 4.96. The lowest BCUT2D eigenvalue weighted by atomic mass is 9.95. The van der Waals surface area contributed by atoms with Gasteiger partial charge >= 0.3 is 12.1 Å². The lowest BCUT2D eigenvalue weighted by Gasteiger charge is -2.35. The predicted octanol–water partition coefficient (Wildman–Crippen LogP) is 3.25. The number of allylic oxidation sites excluding steroid dienone is 1. The third-order valence-electron chi connectivity index (χ3n) is 7.26. The summed E-state index contributed by atoms with van der Waals surface area (Å²) in [6, 6.07) is 8.37. The summed E-state index contributed by atoms with van der Waals surface area (Å²) in [6.07, 6.45) is 5.74. The van der Waals surface area contributed by atoms with Crippen molar-refractivity contribution in [2.75, 3.05) is 32.8 Å². The first-order valence-electron chi connectivity index (χ1n) is 14.6. The molecule has 0 radical (unpaired) electrons. The number of benzene rings is 1. The molecule has 2 heterocycles. The number of hydrogen-bond acceptors (Lipinski definition) is 7. The van der Waals surface area contributed by atoms with E-state index in [4.69, 9.17) is 9.47 Å². The molecule has 2 N–H and O–H groups in total. The number of likely N-dealkylation sites (tertiary alicyclic amines) is 2. The Bertz CT molecular complexity index is 1160. The number of carbonyl (C=O) groups is 5. The highest BCUT2D eigenvalue weighted by Gasteiger charge is 2.41. The van der Waals surface area contributed by atoms with Crippen LogP contribution >= 0.6 is 0 Å². The second kappa shape index (κ2) is 14.3. The zero-order valence-electron chi connectivity index (χ0n) is 25.3. The molecule has 0 aliphatic carbocycles. The molecule has 0 bridgehead atoms. The Labute approximate surface area is 248 Å². The van der Waals surface area contributed by atoms with Crippen molar-refractivity contribution in [3.63, 3.8) is 0 Å². The molecule has 11 nitrogen and oxygen atoms in total. The molecular formula is C31H44N4O7. The van der Waals surface area contributed by atoms with Gasteiger partial charge in [0.15, 0.2) is 0 Å². The van der Waals surface area contributed by atoms with Crippen LogP contribution in [0.4, 0.5) is 4.79 Å². The number of piperidine rings is 2. The first kappa shape index (κ1) is 32.6. The van der Waals surface area contributed by atoms with Crippen LogP contribution in [0.15, 0.2) is 42.5 Å². The average Bonchev–Trinajstić information content (AvgIpc) is 2.95. The van der Waals surface area contributed by atoms with Crippen molar-refractivity contribution in [1.29, 1.82) is 0 Å². The van der Waals surface area contributed by atoms with Crippen molar-refractivity contribution >= 4 is 29.8 Å². The molecule has 1 aromatic rings. The standard InChI is InChI=1S/C31H44N4O7/c1-6-41-28(39)31(5,32-26(37)23-11-8-7-9-12-23)33-27(38)24-13-10-18-35(21-24)25(36)15-14-22-16-19-34(20-17-22)29(40)42-30(2,3)4/h7-9,11-12,14-15,22,24H,6,10,13,16-21H2,1-5H3,(H,32,37)(H,33,38)/b15-14+/t24-,31+/m1/s1. The molecule has 2 saturated heterocycles. The largest absolute Gasteiger partial charge is 0.463 e. The van der Waals surface area contributed by atoms with Gasteiger partial charge in [-0.05, 0) is 84.4 Å². The predicted molar refractivity (Wildman–Crippen MR) is 156 cm³/mol. The van der Waals surface area contributed by atoms with Gasteiger partial charge in [-0.1, -0.05) is 24.3 Å². The van der Waals surface area contributed by atoms with Gasteiger partial charge in [0.05, 0.1) is 12.5 Å². The van der Waals surface area contributed by atoms with Gasteiger partial charge < -0.3 is 29.9 Å². The van der Waals surface area contributed by atoms with Crippen LogP contribution in [0.5, 0.6) is 0 Å². The van der Waals surface area contributed by atoms with Crippen molar-refractivity contribution in [3.05, 3.63) is 48.0 Å². The van der Waals surface area contributed by atoms with E-state index in [0.29, 0.717) is 38.0 Å². The van der Waals surface area contributed by atoms with E-state index >= 15 is 0 Å². The molecule has 11 heteroatoms. The number of rotatable bonds is 8. The monoisotopic (exact) mass is 584 g/mol. The first-order chi connectivity index (χ1) is 19.8. The van der Waals surface area contributed by atoms with Crippen LogP contribution in [-0.2, 0) is 23.9 Å². The number of ether oxygens (including phenoxy) is 2. The number of esters is 1. The van der Waals surface area contributed by atoms with E-state index in [1.807, 2.05) is 26.8 Å². The molecule has 4 amide bonds. The van der Waals surface area contributed by atoms with Crippen LogP contribution in [0.1, 0.15) is 70.7 Å². The summed E-state index contributed by atoms with van der Waals surface area (Å²) in [5.41, 5.74) is -2.00. The lowest BCUT2D eigenvalue weighted by molar-refractivity contribution is -0.154. The topological polar surface area (TPSA) is 134 Å². The highest BCUT2D eigenvalue weighted by atomic mass is 16.6. The molecule has 2 fully saturated rings. The first-order valence-corrected chi connectivity index (χ1v) is 14.6. The van der Waals surface area contributed by atoms with Crippen molar-refractivity contribution in [2.45, 2.75) is 71.6 Å². The summed E-state index contributed by atoms with van der Waals surface area (Å²) in [4.78, 5) is 67.6. The van der Waals surface area contributed by atoms with Gasteiger partial charge in [0, 0.05) is 31.7 Å². The van der Waals surface area contributed by atoms with Crippen LogP contribution in [0.25, 0.3) is 0 Å². The van der Waals surface area contributed by atoms with Gasteiger partial charge in [0.2, 0.25) is 17.5 Å². The molecule has 2 aliphatic rings. The Balaban J connectivity index is 1.56. The van der Waals surface area contributed by atoms with Crippen molar-refractivity contribution in [1.82, 2.24) is 20.4 Å². The third-order valence-corrected chi connectivity index (χ3v) is 7.26. The molecule has 2 atom stereocenters. The molecule has 1 aromatic carbocycles. The summed E-state index contributed by atoms with van der Waals surface area (Å²) in [5, 5.41) is 5.28. The van der Waals surface area contributed by atoms with Crippen LogP contribution in [0.3, 0.4) is 0 Å². The number of nitrogens with one attached hydrogen (secondary N) is 2. The number of carbonyl (C=O) groups excluding carboxylic acids is 5. The average molecular weight is 585 g/mol. The Hall–Kier alpha value is -3.89. The zero-order valence-corrected chi connectivity index (χ0v) is 25.3. The van der Waals surface area contributed by atoms with Crippen LogP contribution in [0.2, 0.25) is 0 Å². The number of nitrogens with zero attached hydrogens (tertiary/aromatic N) is 2. The maximum absolute atomic E-state index is 13.3. The third kappa shape index (κ3) is 9.32. The van der Waals surface area contributed by atoms with Gasteiger partial charge in [0.1, 0.15) is 5.60 Å². The van der Waals surface area contributed by atoms with E-state index in [-0.39, 0.29) is 31.1 Å². The fourth-order valence-corrected chi connectivity index (χ4v) is 4.96. The van der Waals surface area contributed by atoms with E-state index in [1.165, 1.54) is 6.92 Å². The highest BCUT2D eigenvalue weighted by Crippen LogP contribution is 2.22. The van der Waals surface area contributed by atoms with Gasteiger partial charge in [0.25, 0.3) is 5.91 Å². The Kier molecular flexibility index (Phi) is 11.1. The molecule has 2 aliphatic heterocycles. The van der Waals surface area contributed by atoms with Gasteiger partial charge in [-0.15, -0.1) is 0 Å². The SMILES string of the molecule is CCOC(=O)[C@@](C)(NC(=O)c1ccccc1)NC(=O)[C@@H]1CCCN(C(=O)/C=C/C2CCN(C(=O)OC(C)(C)C)CC2)C1. The minimum Gasteiger partial charge on any atom is -0.463 e. The van der Waals surface area contributed by atoms with E-state index < -0.39 is 35.0 Å². The molecule has 0 aromatic heterocycles. The Morgan fingerprint density at radius 1 is 0.929 bits per heavy atom. The Morgan fingerprint density at radius 2 is 1.60 bits per heavy atom. The van der Waals surface area contributed by atoms with E-state index in [2.05, 4.69) is 10.6 Å². The zero-order chi connectivity index (χ0) is 30.9. The fraction of sp³-hybridized carbons (Fsp3) is 0.581. The molecule has 0 spiro atoms. The van der Waals surface area contributed by atoms with E-state index in [9.17, 15) is 24.0 Å². The maximum Gasteiger partial charge on any atom is 0.410 e. The summed E-state index contributed by atoms with van der Waals surface area (Å²) >= 11 is 0. The van der Waals surface area contributed by atoms with Crippen molar-refractivity contribution in [2.24, 2.45) is 11.8 Å². The van der Waals surface area contributed by atoms with Gasteiger partial charge in [-0.3, -0.25) is 14.4 Å². The molecule has 0 saturated carbocycles. The minimum atomic E-state index is -1.79. The highest BCUT2D eigenvalue weighted by molar-refractivity contribution is 5.99. The van der Waals surface area contributed by atoms with Crippen molar-refractivity contribution in [3.8, 4) is 0 Å². The normalized spacial score (nSPS) is 19.5. The van der Waals surface area contributed by atoms with Crippen LogP contribution < -0.4 is 10.6 Å². The lowest BCUT2D eigenvalue weighted by Crippen LogP contribution is -2.65. The second-order valence-corrected chi connectivity index (χ2v) is 11.9. The summed E-state index contributed by atoms with van der Waals surface area (Å²) in [5.74, 6) is -2.35. The number of hydrogen-bond donors (Lipinski definition) is 2. The van der Waals surface area contributed by atoms with Gasteiger partial charge in [-0.2, -0.15) is 0 Å². The quantitative estimate of drug-likeness (QED) is 0.272. The molecule has 42 heavy (non-hydrogen) atoms. The minimum absolute atomic E-state index is 0.0730. The van der Waals surface area contributed by atoms with E-state index in [1.54, 1.807) is 53.1 Å². The van der Waals surface area contributed by atoms with Gasteiger partial charge in [-0.25, -0.2) is 9.59 Å². The summed E-state index contributed by atoms with van der Waals surface area (Å²) < 4.78 is 10.6. The molecular weight excluding hydrogens is 540 g/mol. The van der Waals surface area contributed by atoms with E-state index in [0.717, 1.165) is 12.8 Å². The smallest absolute Gasteiger partial charge is 0.410 e. The Morgan fingerprint density at radius 3 is 2.21 bits per heavy atom. The maximum atomic E-state index is 13.3. The summed E-state index contributed by atoms with van der Waals surface area (Å²) in [6.45, 7) is 10.4. The molecule has 230 valence electrons. The van der Waals surface area contributed by atoms with Crippen LogP contribution in [0, 0.1) is 11.8 Å². The second-order valence-electron chi connectivity index (χ2n) is 11.9. The molecule has 0 unspecified atom stereocenters. The van der Waals surface area contributed by atoms with Crippen LogP contribution in [-0.4, -0.2) is 83.6 Å².